The first kappa shape index (κ1) is 13.9. The summed E-state index contributed by atoms with van der Waals surface area (Å²) in [5.41, 5.74) is 0. The summed E-state index contributed by atoms with van der Waals surface area (Å²) in [4.78, 5) is 0. The standard InChI is InChI=1S/C11H26NO2/c1-5-7-12(3,4)8-9-14-11-10-13-6-2/h5-11H2,1-4H3/q+1. The highest BCUT2D eigenvalue weighted by molar-refractivity contribution is 4.35. The number of hydrogen-bond donors (Lipinski definition) is 0. The summed E-state index contributed by atoms with van der Waals surface area (Å²) in [6.07, 6.45) is 1.23. The Kier molecular flexibility index (Phi) is 8.14. The second kappa shape index (κ2) is 8.21. The van der Waals surface area contributed by atoms with E-state index in [1.165, 1.54) is 13.0 Å². The first-order valence-corrected chi connectivity index (χ1v) is 5.60. The fraction of sp³-hybridized carbons (Fsp3) is 1.00. The molecule has 86 valence electrons. The van der Waals surface area contributed by atoms with Crippen molar-refractivity contribution < 1.29 is 14.0 Å². The Morgan fingerprint density at radius 3 is 2.07 bits per heavy atom. The molecular weight excluding hydrogens is 178 g/mol. The summed E-state index contributed by atoms with van der Waals surface area (Å²) in [5.74, 6) is 0. The summed E-state index contributed by atoms with van der Waals surface area (Å²) < 4.78 is 11.7. The van der Waals surface area contributed by atoms with Gasteiger partial charge in [0.15, 0.2) is 0 Å². The van der Waals surface area contributed by atoms with Gasteiger partial charge in [0.25, 0.3) is 0 Å². The van der Waals surface area contributed by atoms with Crippen LogP contribution in [0.5, 0.6) is 0 Å². The molecule has 0 radical (unpaired) electrons. The van der Waals surface area contributed by atoms with Gasteiger partial charge >= 0.3 is 0 Å². The molecule has 3 nitrogen and oxygen atoms in total. The largest absolute Gasteiger partial charge is 0.379 e. The molecule has 0 bridgehead atoms. The van der Waals surface area contributed by atoms with Crippen LogP contribution in [0, 0.1) is 0 Å². The van der Waals surface area contributed by atoms with Gasteiger partial charge in [-0.05, 0) is 13.3 Å². The molecule has 3 heteroatoms. The van der Waals surface area contributed by atoms with Crippen molar-refractivity contribution in [3.8, 4) is 0 Å². The van der Waals surface area contributed by atoms with Crippen molar-refractivity contribution in [2.24, 2.45) is 0 Å². The van der Waals surface area contributed by atoms with Crippen LogP contribution in [0.25, 0.3) is 0 Å². The van der Waals surface area contributed by atoms with E-state index in [9.17, 15) is 0 Å². The van der Waals surface area contributed by atoms with Gasteiger partial charge in [-0.15, -0.1) is 0 Å². The lowest BCUT2D eigenvalue weighted by molar-refractivity contribution is -0.890. The third-order valence-corrected chi connectivity index (χ3v) is 2.25. The highest BCUT2D eigenvalue weighted by Gasteiger charge is 2.12. The Morgan fingerprint density at radius 2 is 1.50 bits per heavy atom. The quantitative estimate of drug-likeness (QED) is 0.419. The van der Waals surface area contributed by atoms with Gasteiger partial charge in [-0.1, -0.05) is 6.92 Å². The second-order valence-corrected chi connectivity index (χ2v) is 4.19. The van der Waals surface area contributed by atoms with Crippen molar-refractivity contribution in [3.63, 3.8) is 0 Å². The van der Waals surface area contributed by atoms with Crippen LogP contribution in [0.3, 0.4) is 0 Å². The average molecular weight is 204 g/mol. The zero-order chi connectivity index (χ0) is 10.9. The Morgan fingerprint density at radius 1 is 0.857 bits per heavy atom. The van der Waals surface area contributed by atoms with Crippen molar-refractivity contribution in [2.75, 3.05) is 53.6 Å². The summed E-state index contributed by atoms with van der Waals surface area (Å²) in [5, 5.41) is 0. The lowest BCUT2D eigenvalue weighted by atomic mass is 10.4. The molecule has 14 heavy (non-hydrogen) atoms. The molecule has 0 spiro atoms. The van der Waals surface area contributed by atoms with E-state index in [1.54, 1.807) is 0 Å². The van der Waals surface area contributed by atoms with E-state index < -0.39 is 0 Å². The molecule has 0 aliphatic rings. The van der Waals surface area contributed by atoms with Gasteiger partial charge in [0, 0.05) is 6.61 Å². The minimum Gasteiger partial charge on any atom is -0.379 e. The smallest absolute Gasteiger partial charge is 0.102 e. The Hall–Kier alpha value is -0.120. The van der Waals surface area contributed by atoms with Crippen LogP contribution in [-0.2, 0) is 9.47 Å². The molecule has 0 amide bonds. The Labute approximate surface area is 88.6 Å². The van der Waals surface area contributed by atoms with Crippen molar-refractivity contribution in [3.05, 3.63) is 0 Å². The number of ether oxygens (including phenoxy) is 2. The maximum absolute atomic E-state index is 5.48. The van der Waals surface area contributed by atoms with Crippen molar-refractivity contribution in [1.82, 2.24) is 0 Å². The minimum atomic E-state index is 0.720. The monoisotopic (exact) mass is 204 g/mol. The topological polar surface area (TPSA) is 18.5 Å². The molecule has 0 atom stereocenters. The lowest BCUT2D eigenvalue weighted by Crippen LogP contribution is -2.42. The van der Waals surface area contributed by atoms with Crippen LogP contribution in [0.2, 0.25) is 0 Å². The van der Waals surface area contributed by atoms with Crippen molar-refractivity contribution >= 4 is 0 Å². The third-order valence-electron chi connectivity index (χ3n) is 2.25. The number of rotatable bonds is 9. The van der Waals surface area contributed by atoms with E-state index in [2.05, 4.69) is 21.0 Å². The van der Waals surface area contributed by atoms with Gasteiger partial charge in [-0.3, -0.25) is 0 Å². The second-order valence-electron chi connectivity index (χ2n) is 4.19. The van der Waals surface area contributed by atoms with Gasteiger partial charge in [-0.2, -0.15) is 0 Å². The zero-order valence-electron chi connectivity index (χ0n) is 10.2. The van der Waals surface area contributed by atoms with E-state index in [-0.39, 0.29) is 0 Å². The molecule has 0 aromatic heterocycles. The molecule has 0 aromatic carbocycles. The van der Waals surface area contributed by atoms with Crippen LogP contribution in [0.4, 0.5) is 0 Å². The number of nitrogens with zero attached hydrogens (tertiary/aromatic N) is 1. The highest BCUT2D eigenvalue weighted by Crippen LogP contribution is 1.98. The van der Waals surface area contributed by atoms with E-state index in [1.807, 2.05) is 6.92 Å². The highest BCUT2D eigenvalue weighted by atomic mass is 16.5. The molecule has 0 aliphatic carbocycles. The first-order valence-electron chi connectivity index (χ1n) is 5.60. The molecule has 0 heterocycles. The summed E-state index contributed by atoms with van der Waals surface area (Å²) in [7, 11) is 4.49. The summed E-state index contributed by atoms with van der Waals surface area (Å²) >= 11 is 0. The van der Waals surface area contributed by atoms with Crippen LogP contribution < -0.4 is 0 Å². The van der Waals surface area contributed by atoms with Crippen LogP contribution in [0.15, 0.2) is 0 Å². The predicted molar refractivity (Wildman–Crippen MR) is 59.4 cm³/mol. The number of hydrogen-bond acceptors (Lipinski definition) is 2. The zero-order valence-corrected chi connectivity index (χ0v) is 10.2. The van der Waals surface area contributed by atoms with E-state index in [0.29, 0.717) is 0 Å². The maximum Gasteiger partial charge on any atom is 0.102 e. The van der Waals surface area contributed by atoms with Gasteiger partial charge < -0.3 is 14.0 Å². The fourth-order valence-corrected chi connectivity index (χ4v) is 1.39. The Balaban J connectivity index is 3.26. The molecule has 0 saturated carbocycles. The van der Waals surface area contributed by atoms with E-state index in [0.717, 1.165) is 37.5 Å². The SMILES string of the molecule is CCC[N+](C)(C)CCOCCOCC. The van der Waals surface area contributed by atoms with Crippen LogP contribution in [0.1, 0.15) is 20.3 Å². The lowest BCUT2D eigenvalue weighted by Gasteiger charge is -2.29. The summed E-state index contributed by atoms with van der Waals surface area (Å²) in [6, 6.07) is 0. The number of quaternary nitrogens is 1. The van der Waals surface area contributed by atoms with Gasteiger partial charge in [0.1, 0.15) is 6.54 Å². The number of likely N-dealkylation sites (N-methyl/N-ethyl adjacent to an activating group) is 1. The first-order chi connectivity index (χ1) is 6.62. The predicted octanol–water partition coefficient (Wildman–Crippen LogP) is 1.53. The molecule has 0 unspecified atom stereocenters. The Bertz CT molecular complexity index is 126. The van der Waals surface area contributed by atoms with E-state index >= 15 is 0 Å². The van der Waals surface area contributed by atoms with E-state index in [4.69, 9.17) is 9.47 Å². The van der Waals surface area contributed by atoms with Gasteiger partial charge in [0.2, 0.25) is 0 Å². The van der Waals surface area contributed by atoms with Crippen molar-refractivity contribution in [2.45, 2.75) is 20.3 Å². The molecule has 0 rings (SSSR count). The maximum atomic E-state index is 5.48. The summed E-state index contributed by atoms with van der Waals surface area (Å²) in [6.45, 7) is 9.57. The molecule has 0 fully saturated rings. The third kappa shape index (κ3) is 8.48. The van der Waals surface area contributed by atoms with Crippen LogP contribution in [-0.4, -0.2) is 58.1 Å². The molecule has 0 aliphatic heterocycles. The minimum absolute atomic E-state index is 0.720. The van der Waals surface area contributed by atoms with Gasteiger partial charge in [-0.25, -0.2) is 0 Å². The van der Waals surface area contributed by atoms with Gasteiger partial charge in [0.05, 0.1) is 40.5 Å². The molecule has 0 saturated heterocycles. The van der Waals surface area contributed by atoms with Crippen LogP contribution >= 0.6 is 0 Å². The normalized spacial score (nSPS) is 12.0. The van der Waals surface area contributed by atoms with Crippen molar-refractivity contribution in [1.29, 1.82) is 0 Å². The molecule has 0 N–H and O–H groups in total. The molecular formula is C11H26NO2+. The fourth-order valence-electron chi connectivity index (χ4n) is 1.39. The molecule has 0 aromatic rings. The average Bonchev–Trinajstić information content (AvgIpc) is 2.11.